The number of aliphatic hydroxyl groups excluding tert-OH is 1. The molecule has 1 aliphatic rings. The van der Waals surface area contributed by atoms with Gasteiger partial charge in [0.25, 0.3) is 5.91 Å². The molecule has 0 radical (unpaired) electrons. The molecule has 2 amide bonds. The second kappa shape index (κ2) is 10.7. The van der Waals surface area contributed by atoms with Crippen LogP contribution in [0, 0.1) is 0 Å². The molecule has 0 aliphatic heterocycles. The van der Waals surface area contributed by atoms with E-state index in [-0.39, 0.29) is 5.91 Å². The van der Waals surface area contributed by atoms with Gasteiger partial charge in [0, 0.05) is 11.3 Å². The summed E-state index contributed by atoms with van der Waals surface area (Å²) in [7, 11) is 0. The van der Waals surface area contributed by atoms with Crippen LogP contribution in [0.1, 0.15) is 22.7 Å². The van der Waals surface area contributed by atoms with E-state index in [0.29, 0.717) is 12.8 Å². The highest BCUT2D eigenvalue weighted by Gasteiger charge is 2.34. The fourth-order valence-electron chi connectivity index (χ4n) is 3.96. The van der Waals surface area contributed by atoms with Gasteiger partial charge in [0.2, 0.25) is 5.91 Å². The first-order valence-electron chi connectivity index (χ1n) is 10.9. The van der Waals surface area contributed by atoms with Crippen molar-refractivity contribution in [3.05, 3.63) is 102 Å². The van der Waals surface area contributed by atoms with Gasteiger partial charge in [-0.3, -0.25) is 9.59 Å². The summed E-state index contributed by atoms with van der Waals surface area (Å²) in [6.07, 6.45) is 0.127. The van der Waals surface area contributed by atoms with Crippen molar-refractivity contribution in [1.29, 1.82) is 0 Å². The lowest BCUT2D eigenvalue weighted by Gasteiger charge is -2.24. The first kappa shape index (κ1) is 23.0. The minimum atomic E-state index is -0.901. The van der Waals surface area contributed by atoms with Gasteiger partial charge < -0.3 is 21.5 Å². The van der Waals surface area contributed by atoms with E-state index in [4.69, 9.17) is 5.73 Å². The largest absolute Gasteiger partial charge is 0.390 e. The Morgan fingerprint density at radius 1 is 0.939 bits per heavy atom. The Morgan fingerprint density at radius 2 is 1.58 bits per heavy atom. The summed E-state index contributed by atoms with van der Waals surface area (Å²) in [5, 5.41) is 15.4. The van der Waals surface area contributed by atoms with Crippen molar-refractivity contribution >= 4 is 23.6 Å². The third-order valence-electron chi connectivity index (χ3n) is 5.65. The van der Waals surface area contributed by atoms with E-state index in [1.807, 2.05) is 84.9 Å². The molecule has 3 aromatic rings. The van der Waals surface area contributed by atoms with Crippen LogP contribution in [-0.4, -0.2) is 34.4 Å². The number of hydrogen-bond donors (Lipinski definition) is 4. The van der Waals surface area contributed by atoms with Crippen molar-refractivity contribution in [2.45, 2.75) is 41.3 Å². The van der Waals surface area contributed by atoms with E-state index >= 15 is 0 Å². The molecule has 170 valence electrons. The lowest BCUT2D eigenvalue weighted by molar-refractivity contribution is -0.128. The molecular weight excluding hydrogens is 434 g/mol. The Kier molecular flexibility index (Phi) is 7.44. The zero-order valence-electron chi connectivity index (χ0n) is 18.1. The van der Waals surface area contributed by atoms with Gasteiger partial charge in [-0.25, -0.2) is 0 Å². The minimum Gasteiger partial charge on any atom is -0.390 e. The lowest BCUT2D eigenvalue weighted by atomic mass is 10.1. The summed E-state index contributed by atoms with van der Waals surface area (Å²) in [5.41, 5.74) is 9.00. The average molecular weight is 462 g/mol. The van der Waals surface area contributed by atoms with Crippen molar-refractivity contribution < 1.29 is 14.7 Å². The first-order chi connectivity index (χ1) is 16.0. The number of thioether (sulfide) groups is 1. The van der Waals surface area contributed by atoms with Crippen LogP contribution in [-0.2, 0) is 22.4 Å². The van der Waals surface area contributed by atoms with Gasteiger partial charge in [-0.1, -0.05) is 84.6 Å². The van der Waals surface area contributed by atoms with Gasteiger partial charge in [0.15, 0.2) is 5.37 Å². The predicted octanol–water partition coefficient (Wildman–Crippen LogP) is 2.57. The molecule has 0 saturated carbocycles. The number of rotatable bonds is 8. The van der Waals surface area contributed by atoms with Crippen LogP contribution < -0.4 is 16.4 Å². The van der Waals surface area contributed by atoms with Gasteiger partial charge in [-0.15, -0.1) is 0 Å². The molecule has 4 atom stereocenters. The molecule has 3 aromatic carbocycles. The minimum absolute atomic E-state index is 0.367. The molecule has 33 heavy (non-hydrogen) atoms. The van der Waals surface area contributed by atoms with E-state index < -0.39 is 29.5 Å². The van der Waals surface area contributed by atoms with Crippen molar-refractivity contribution in [1.82, 2.24) is 10.6 Å². The third-order valence-corrected chi connectivity index (χ3v) is 6.76. The van der Waals surface area contributed by atoms with E-state index in [1.54, 1.807) is 0 Å². The highest BCUT2D eigenvalue weighted by atomic mass is 32.2. The number of fused-ring (bicyclic) bond motifs is 1. The maximum Gasteiger partial charge on any atom is 0.254 e. The Labute approximate surface area is 197 Å². The Morgan fingerprint density at radius 3 is 2.30 bits per heavy atom. The fourth-order valence-corrected chi connectivity index (χ4v) is 4.89. The maximum atomic E-state index is 13.3. The van der Waals surface area contributed by atoms with Crippen LogP contribution in [0.25, 0.3) is 0 Å². The molecule has 0 saturated heterocycles. The van der Waals surface area contributed by atoms with Crippen molar-refractivity contribution in [3.63, 3.8) is 0 Å². The van der Waals surface area contributed by atoms with Crippen LogP contribution in [0.4, 0.5) is 0 Å². The van der Waals surface area contributed by atoms with Crippen LogP contribution in [0.2, 0.25) is 0 Å². The molecule has 6 nitrogen and oxygen atoms in total. The van der Waals surface area contributed by atoms with Crippen LogP contribution in [0.5, 0.6) is 0 Å². The van der Waals surface area contributed by atoms with E-state index in [0.717, 1.165) is 21.6 Å². The molecule has 4 rings (SSSR count). The highest BCUT2D eigenvalue weighted by molar-refractivity contribution is 8.00. The topological polar surface area (TPSA) is 104 Å². The van der Waals surface area contributed by atoms with E-state index in [9.17, 15) is 14.7 Å². The van der Waals surface area contributed by atoms with Gasteiger partial charge in [-0.05, 0) is 35.2 Å². The number of nitrogens with one attached hydrogen (secondary N) is 2. The number of aliphatic hydroxyl groups is 1. The maximum absolute atomic E-state index is 13.3. The molecule has 3 unspecified atom stereocenters. The SMILES string of the molecule is N[C@@H](Cc1ccccc1)C(=O)NC(Sc1ccccc1)C(=O)NC1c2ccccc2CC1O. The summed E-state index contributed by atoms with van der Waals surface area (Å²) in [4.78, 5) is 27.0. The van der Waals surface area contributed by atoms with Gasteiger partial charge in [-0.2, -0.15) is 0 Å². The molecule has 0 aromatic heterocycles. The summed E-state index contributed by atoms with van der Waals surface area (Å²) in [6, 6.07) is 25.2. The molecule has 0 heterocycles. The molecular formula is C26H27N3O3S. The van der Waals surface area contributed by atoms with Crippen LogP contribution >= 0.6 is 11.8 Å². The summed E-state index contributed by atoms with van der Waals surface area (Å²) >= 11 is 1.23. The number of amides is 2. The molecule has 0 bridgehead atoms. The zero-order valence-corrected chi connectivity index (χ0v) is 18.9. The highest BCUT2D eigenvalue weighted by Crippen LogP contribution is 2.32. The number of carbonyl (C=O) groups excluding carboxylic acids is 2. The Balaban J connectivity index is 1.48. The third kappa shape index (κ3) is 5.82. The number of benzene rings is 3. The number of nitrogens with two attached hydrogens (primary N) is 1. The molecule has 7 heteroatoms. The quantitative estimate of drug-likeness (QED) is 0.305. The predicted molar refractivity (Wildman–Crippen MR) is 129 cm³/mol. The monoisotopic (exact) mass is 461 g/mol. The van der Waals surface area contributed by atoms with Crippen LogP contribution in [0.3, 0.4) is 0 Å². The van der Waals surface area contributed by atoms with Gasteiger partial charge >= 0.3 is 0 Å². The standard InChI is InChI=1S/C26H27N3O3S/c27-21(15-17-9-3-1-4-10-17)24(31)29-26(33-19-12-5-2-6-13-19)25(32)28-23-20-14-8-7-11-18(20)16-22(23)30/h1-14,21-23,26,30H,15-16,27H2,(H,28,32)(H,29,31)/t21-,22?,23?,26?/m0/s1. The summed E-state index contributed by atoms with van der Waals surface area (Å²) in [5.74, 6) is -0.792. The smallest absolute Gasteiger partial charge is 0.254 e. The number of hydrogen-bond acceptors (Lipinski definition) is 5. The number of carbonyl (C=O) groups is 2. The van der Waals surface area contributed by atoms with Gasteiger partial charge in [0.05, 0.1) is 18.2 Å². The zero-order chi connectivity index (χ0) is 23.2. The van der Waals surface area contributed by atoms with Gasteiger partial charge in [0.1, 0.15) is 0 Å². The molecule has 0 spiro atoms. The van der Waals surface area contributed by atoms with Crippen molar-refractivity contribution in [3.8, 4) is 0 Å². The molecule has 0 fully saturated rings. The summed E-state index contributed by atoms with van der Waals surface area (Å²) < 4.78 is 0. The Bertz CT molecular complexity index is 1090. The normalized spacial score (nSPS) is 18.7. The lowest BCUT2D eigenvalue weighted by Crippen LogP contribution is -2.51. The second-order valence-electron chi connectivity index (χ2n) is 8.07. The summed E-state index contributed by atoms with van der Waals surface area (Å²) in [6.45, 7) is 0. The first-order valence-corrected chi connectivity index (χ1v) is 11.8. The molecule has 1 aliphatic carbocycles. The van der Waals surface area contributed by atoms with E-state index in [1.165, 1.54) is 11.8 Å². The second-order valence-corrected chi connectivity index (χ2v) is 9.25. The molecule has 5 N–H and O–H groups in total. The van der Waals surface area contributed by atoms with E-state index in [2.05, 4.69) is 10.6 Å². The average Bonchev–Trinajstić information content (AvgIpc) is 3.14. The Hall–Kier alpha value is -3.13. The fraction of sp³-hybridized carbons (Fsp3) is 0.231. The van der Waals surface area contributed by atoms with Crippen molar-refractivity contribution in [2.75, 3.05) is 0 Å². The van der Waals surface area contributed by atoms with Crippen LogP contribution in [0.15, 0.2) is 89.8 Å². The van der Waals surface area contributed by atoms with Crippen molar-refractivity contribution in [2.24, 2.45) is 5.73 Å².